The van der Waals surface area contributed by atoms with Gasteiger partial charge in [0.05, 0.1) is 12.7 Å². The Labute approximate surface area is 107 Å². The number of aromatic nitrogens is 4. The Morgan fingerprint density at radius 3 is 3.11 bits per heavy atom. The Balaban J connectivity index is 2.02. The van der Waals surface area contributed by atoms with Gasteiger partial charge in [-0.3, -0.25) is 4.68 Å². The van der Waals surface area contributed by atoms with Gasteiger partial charge in [0.1, 0.15) is 5.52 Å². The zero-order valence-corrected chi connectivity index (χ0v) is 10.1. The van der Waals surface area contributed by atoms with Gasteiger partial charge in [0, 0.05) is 17.6 Å². The van der Waals surface area contributed by atoms with E-state index in [-0.39, 0.29) is 0 Å². The fourth-order valence-corrected chi connectivity index (χ4v) is 1.81. The maximum absolute atomic E-state index is 5.89. The lowest BCUT2D eigenvalue weighted by molar-refractivity contribution is 0.598. The molecule has 0 aliphatic rings. The quantitative estimate of drug-likeness (QED) is 0.778. The highest BCUT2D eigenvalue weighted by Crippen LogP contribution is 2.24. The first-order valence-electron chi connectivity index (χ1n) is 5.43. The van der Waals surface area contributed by atoms with Crippen LogP contribution in [0.15, 0.2) is 28.8 Å². The second kappa shape index (κ2) is 4.40. The third kappa shape index (κ3) is 1.96. The van der Waals surface area contributed by atoms with Crippen LogP contribution in [-0.2, 0) is 6.54 Å². The number of hydrogen-bond donors (Lipinski definition) is 1. The van der Waals surface area contributed by atoms with Crippen LogP contribution in [0.25, 0.3) is 22.7 Å². The summed E-state index contributed by atoms with van der Waals surface area (Å²) in [7, 11) is 0. The predicted octanol–water partition coefficient (Wildman–Crippen LogP) is 1.70. The second-order valence-corrected chi connectivity index (χ2v) is 4.22. The van der Waals surface area contributed by atoms with Gasteiger partial charge < -0.3 is 10.2 Å². The molecule has 0 saturated carbocycles. The summed E-state index contributed by atoms with van der Waals surface area (Å²) in [5.41, 5.74) is 7.39. The molecular formula is C11H10ClN5O. The van der Waals surface area contributed by atoms with Gasteiger partial charge in [0.25, 0.3) is 0 Å². The van der Waals surface area contributed by atoms with Crippen molar-refractivity contribution in [2.24, 2.45) is 5.73 Å². The molecule has 0 bridgehead atoms. The lowest BCUT2D eigenvalue weighted by atomic mass is 10.3. The molecular weight excluding hydrogens is 254 g/mol. The Kier molecular flexibility index (Phi) is 2.73. The largest absolute Gasteiger partial charge is 0.435 e. The summed E-state index contributed by atoms with van der Waals surface area (Å²) in [6, 6.07) is 5.29. The second-order valence-electron chi connectivity index (χ2n) is 3.79. The smallest absolute Gasteiger partial charge is 0.249 e. The summed E-state index contributed by atoms with van der Waals surface area (Å²) in [5, 5.41) is 8.53. The average Bonchev–Trinajstić information content (AvgIpc) is 2.94. The molecule has 92 valence electrons. The minimum absolute atomic E-state index is 0.426. The summed E-state index contributed by atoms with van der Waals surface area (Å²) in [6.45, 7) is 1.12. The molecule has 0 aliphatic carbocycles. The van der Waals surface area contributed by atoms with Gasteiger partial charge in [-0.2, -0.15) is 0 Å². The van der Waals surface area contributed by atoms with Crippen LogP contribution >= 0.6 is 11.6 Å². The first-order chi connectivity index (χ1) is 8.76. The van der Waals surface area contributed by atoms with Crippen molar-refractivity contribution in [3.05, 3.63) is 29.4 Å². The Bertz CT molecular complexity index is 690. The molecule has 0 fully saturated rings. The minimum Gasteiger partial charge on any atom is -0.435 e. The molecule has 2 N–H and O–H groups in total. The number of nitrogens with zero attached hydrogens (tertiary/aromatic N) is 4. The highest BCUT2D eigenvalue weighted by atomic mass is 35.5. The van der Waals surface area contributed by atoms with Gasteiger partial charge in [-0.25, -0.2) is 4.98 Å². The number of rotatable bonds is 3. The van der Waals surface area contributed by atoms with E-state index in [0.717, 1.165) is 5.52 Å². The fourth-order valence-electron chi connectivity index (χ4n) is 1.65. The molecule has 18 heavy (non-hydrogen) atoms. The zero-order chi connectivity index (χ0) is 12.5. The molecule has 7 heteroatoms. The summed E-state index contributed by atoms with van der Waals surface area (Å²) >= 11 is 5.89. The third-order valence-electron chi connectivity index (χ3n) is 2.47. The summed E-state index contributed by atoms with van der Waals surface area (Å²) in [4.78, 5) is 4.33. The van der Waals surface area contributed by atoms with Crippen molar-refractivity contribution in [1.82, 2.24) is 20.0 Å². The van der Waals surface area contributed by atoms with E-state index < -0.39 is 0 Å². The number of oxazole rings is 1. The van der Waals surface area contributed by atoms with E-state index in [4.69, 9.17) is 21.8 Å². The van der Waals surface area contributed by atoms with E-state index in [0.29, 0.717) is 35.3 Å². The minimum atomic E-state index is 0.426. The lowest BCUT2D eigenvalue weighted by Crippen LogP contribution is -2.10. The van der Waals surface area contributed by atoms with E-state index in [2.05, 4.69) is 15.3 Å². The van der Waals surface area contributed by atoms with Crippen LogP contribution in [0.5, 0.6) is 0 Å². The molecule has 0 atom stereocenters. The first-order valence-corrected chi connectivity index (χ1v) is 5.81. The number of fused-ring (bicyclic) bond motifs is 1. The number of benzene rings is 1. The number of hydrogen-bond acceptors (Lipinski definition) is 5. The van der Waals surface area contributed by atoms with Crippen molar-refractivity contribution in [3.8, 4) is 11.6 Å². The highest BCUT2D eigenvalue weighted by Gasteiger charge is 2.12. The fraction of sp³-hybridized carbons (Fsp3) is 0.182. The van der Waals surface area contributed by atoms with E-state index in [1.165, 1.54) is 0 Å². The maximum atomic E-state index is 5.89. The Hall–Kier alpha value is -1.92. The van der Waals surface area contributed by atoms with Crippen molar-refractivity contribution >= 4 is 22.7 Å². The van der Waals surface area contributed by atoms with Crippen LogP contribution in [0.2, 0.25) is 5.02 Å². The molecule has 1 aromatic carbocycles. The van der Waals surface area contributed by atoms with E-state index >= 15 is 0 Å². The van der Waals surface area contributed by atoms with Gasteiger partial charge in [-0.15, -0.1) is 5.10 Å². The molecule has 2 heterocycles. The van der Waals surface area contributed by atoms with Crippen molar-refractivity contribution in [2.45, 2.75) is 6.54 Å². The van der Waals surface area contributed by atoms with Crippen LogP contribution in [0.3, 0.4) is 0 Å². The molecule has 6 nitrogen and oxygen atoms in total. The Morgan fingerprint density at radius 2 is 2.28 bits per heavy atom. The van der Waals surface area contributed by atoms with Gasteiger partial charge in [-0.1, -0.05) is 16.8 Å². The highest BCUT2D eigenvalue weighted by molar-refractivity contribution is 6.31. The number of nitrogens with two attached hydrogens (primary N) is 1. The predicted molar refractivity (Wildman–Crippen MR) is 67.1 cm³/mol. The van der Waals surface area contributed by atoms with E-state index in [1.54, 1.807) is 29.1 Å². The molecule has 0 radical (unpaired) electrons. The van der Waals surface area contributed by atoms with Gasteiger partial charge in [0.15, 0.2) is 11.3 Å². The van der Waals surface area contributed by atoms with Gasteiger partial charge in [0.2, 0.25) is 5.89 Å². The average molecular weight is 264 g/mol. The SMILES string of the molecule is NCCn1cc(-c2nc3ccc(Cl)cc3o2)nn1. The topological polar surface area (TPSA) is 82.8 Å². The first kappa shape index (κ1) is 11.2. The van der Waals surface area contributed by atoms with Crippen LogP contribution < -0.4 is 5.73 Å². The molecule has 0 amide bonds. The zero-order valence-electron chi connectivity index (χ0n) is 9.38. The molecule has 0 spiro atoms. The molecule has 2 aromatic heterocycles. The standard InChI is InChI=1S/C11H10ClN5O/c12-7-1-2-8-10(5-7)18-11(14-8)9-6-17(4-3-13)16-15-9/h1-2,5-6H,3-4,13H2. The molecule has 3 rings (SSSR count). The van der Waals surface area contributed by atoms with E-state index in [9.17, 15) is 0 Å². The monoisotopic (exact) mass is 263 g/mol. The normalized spacial score (nSPS) is 11.2. The summed E-state index contributed by atoms with van der Waals surface area (Å²) in [6.07, 6.45) is 1.75. The van der Waals surface area contributed by atoms with Crippen molar-refractivity contribution in [1.29, 1.82) is 0 Å². The summed E-state index contributed by atoms with van der Waals surface area (Å²) < 4.78 is 7.23. The van der Waals surface area contributed by atoms with Crippen LogP contribution in [0.4, 0.5) is 0 Å². The number of halogens is 1. The molecule has 0 aliphatic heterocycles. The third-order valence-corrected chi connectivity index (χ3v) is 2.70. The molecule has 0 saturated heterocycles. The van der Waals surface area contributed by atoms with E-state index in [1.807, 2.05) is 0 Å². The Morgan fingerprint density at radius 1 is 1.39 bits per heavy atom. The molecule has 0 unspecified atom stereocenters. The van der Waals surface area contributed by atoms with Crippen molar-refractivity contribution in [3.63, 3.8) is 0 Å². The van der Waals surface area contributed by atoms with Crippen molar-refractivity contribution < 1.29 is 4.42 Å². The summed E-state index contributed by atoms with van der Waals surface area (Å²) in [5.74, 6) is 0.426. The van der Waals surface area contributed by atoms with Gasteiger partial charge in [-0.05, 0) is 12.1 Å². The maximum Gasteiger partial charge on any atom is 0.249 e. The van der Waals surface area contributed by atoms with Crippen LogP contribution in [0, 0.1) is 0 Å². The molecule has 3 aromatic rings. The van der Waals surface area contributed by atoms with Crippen LogP contribution in [0.1, 0.15) is 0 Å². The van der Waals surface area contributed by atoms with Gasteiger partial charge >= 0.3 is 0 Å². The lowest BCUT2D eigenvalue weighted by Gasteiger charge is -1.91. The van der Waals surface area contributed by atoms with Crippen LogP contribution in [-0.4, -0.2) is 26.5 Å². The van der Waals surface area contributed by atoms with Crippen molar-refractivity contribution in [2.75, 3.05) is 6.54 Å².